The summed E-state index contributed by atoms with van der Waals surface area (Å²) in [6, 6.07) is 3.86. The second kappa shape index (κ2) is 4.35. The van der Waals surface area contributed by atoms with E-state index in [1.807, 2.05) is 30.8 Å². The largest absolute Gasteiger partial charge is 0.323 e. The van der Waals surface area contributed by atoms with Gasteiger partial charge in [-0.2, -0.15) is 5.10 Å². The second-order valence-electron chi connectivity index (χ2n) is 4.63. The Kier molecular flexibility index (Phi) is 2.81. The fourth-order valence-corrected chi connectivity index (χ4v) is 2.17. The number of nitrogens with one attached hydrogen (secondary N) is 1. The number of hydrogen-bond acceptors (Lipinski definition) is 4. The Bertz CT molecular complexity index is 569. The molecule has 2 heterocycles. The van der Waals surface area contributed by atoms with Crippen LogP contribution in [0.25, 0.3) is 0 Å². The molecule has 0 radical (unpaired) electrons. The van der Waals surface area contributed by atoms with Crippen LogP contribution in [-0.2, 0) is 7.05 Å². The highest BCUT2D eigenvalue weighted by molar-refractivity contribution is 9.10. The van der Waals surface area contributed by atoms with Crippen LogP contribution in [0.4, 0.5) is 11.6 Å². The third-order valence-electron chi connectivity index (χ3n) is 3.02. The summed E-state index contributed by atoms with van der Waals surface area (Å²) in [6.07, 6.45) is 2.39. The van der Waals surface area contributed by atoms with E-state index in [0.717, 1.165) is 27.8 Å². The predicted molar refractivity (Wildman–Crippen MR) is 72.9 cm³/mol. The lowest BCUT2D eigenvalue weighted by Gasteiger charge is -2.05. The Labute approximate surface area is 114 Å². The Morgan fingerprint density at radius 3 is 2.67 bits per heavy atom. The predicted octanol–water partition coefficient (Wildman–Crippen LogP) is 2.90. The van der Waals surface area contributed by atoms with Gasteiger partial charge in [-0.25, -0.2) is 9.97 Å². The lowest BCUT2D eigenvalue weighted by atomic mass is 10.4. The first-order valence-electron chi connectivity index (χ1n) is 5.94. The van der Waals surface area contributed by atoms with Crippen LogP contribution in [0.1, 0.15) is 30.3 Å². The number of hydrogen-bond donors (Lipinski definition) is 1. The van der Waals surface area contributed by atoms with Gasteiger partial charge >= 0.3 is 0 Å². The lowest BCUT2D eigenvalue weighted by molar-refractivity contribution is 0.743. The number of aromatic nitrogens is 4. The second-order valence-corrected chi connectivity index (χ2v) is 5.44. The van der Waals surface area contributed by atoms with Crippen molar-refractivity contribution in [1.82, 2.24) is 19.7 Å². The minimum Gasteiger partial charge on any atom is -0.323 e. The fourth-order valence-electron chi connectivity index (χ4n) is 1.78. The highest BCUT2D eigenvalue weighted by Gasteiger charge is 2.27. The van der Waals surface area contributed by atoms with Crippen LogP contribution in [0, 0.1) is 6.92 Å². The molecule has 2 aromatic rings. The van der Waals surface area contributed by atoms with Gasteiger partial charge in [0, 0.05) is 30.8 Å². The molecule has 0 bridgehead atoms. The maximum absolute atomic E-state index is 4.53. The summed E-state index contributed by atoms with van der Waals surface area (Å²) >= 11 is 3.43. The van der Waals surface area contributed by atoms with E-state index < -0.39 is 0 Å². The normalized spacial score (nSPS) is 14.8. The molecule has 6 heteroatoms. The third-order valence-corrected chi connectivity index (χ3v) is 3.43. The van der Waals surface area contributed by atoms with Crippen molar-refractivity contribution in [2.75, 3.05) is 5.32 Å². The minimum atomic E-state index is 0.536. The monoisotopic (exact) mass is 307 g/mol. The maximum Gasteiger partial charge on any atom is 0.153 e. The smallest absolute Gasteiger partial charge is 0.153 e. The van der Waals surface area contributed by atoms with Crippen molar-refractivity contribution in [1.29, 1.82) is 0 Å². The molecular weight excluding hydrogens is 294 g/mol. The molecule has 94 valence electrons. The first kappa shape index (κ1) is 11.6. The molecule has 0 saturated heterocycles. The zero-order valence-corrected chi connectivity index (χ0v) is 11.9. The van der Waals surface area contributed by atoms with Gasteiger partial charge in [-0.05, 0) is 35.7 Å². The maximum atomic E-state index is 4.53. The van der Waals surface area contributed by atoms with Gasteiger partial charge in [-0.15, -0.1) is 0 Å². The van der Waals surface area contributed by atoms with E-state index >= 15 is 0 Å². The first-order valence-corrected chi connectivity index (χ1v) is 6.73. The van der Waals surface area contributed by atoms with Crippen molar-refractivity contribution in [3.05, 3.63) is 28.3 Å². The van der Waals surface area contributed by atoms with E-state index in [1.54, 1.807) is 0 Å². The number of anilines is 2. The van der Waals surface area contributed by atoms with Crippen molar-refractivity contribution < 1.29 is 0 Å². The van der Waals surface area contributed by atoms with Crippen LogP contribution in [0.3, 0.4) is 0 Å². The highest BCUT2D eigenvalue weighted by Crippen LogP contribution is 2.38. The summed E-state index contributed by atoms with van der Waals surface area (Å²) in [4.78, 5) is 8.93. The van der Waals surface area contributed by atoms with Gasteiger partial charge in [0.25, 0.3) is 0 Å². The molecule has 0 unspecified atom stereocenters. The summed E-state index contributed by atoms with van der Waals surface area (Å²) in [5.74, 6) is 3.05. The molecule has 3 rings (SSSR count). The van der Waals surface area contributed by atoms with E-state index in [0.29, 0.717) is 5.92 Å². The molecule has 1 aliphatic carbocycles. The molecule has 1 aliphatic rings. The molecule has 1 fully saturated rings. The SMILES string of the molecule is Cc1cc(Nc2cc(Br)nc(C3CC3)n2)nn1C. The molecule has 0 atom stereocenters. The molecule has 2 aromatic heterocycles. The molecule has 18 heavy (non-hydrogen) atoms. The lowest BCUT2D eigenvalue weighted by Crippen LogP contribution is -2.00. The van der Waals surface area contributed by atoms with Gasteiger partial charge in [0.15, 0.2) is 5.82 Å². The minimum absolute atomic E-state index is 0.536. The Balaban J connectivity index is 1.87. The van der Waals surface area contributed by atoms with E-state index in [1.165, 1.54) is 12.8 Å². The molecule has 1 saturated carbocycles. The van der Waals surface area contributed by atoms with Crippen molar-refractivity contribution in [3.63, 3.8) is 0 Å². The number of nitrogens with zero attached hydrogens (tertiary/aromatic N) is 4. The molecule has 0 aliphatic heterocycles. The number of halogens is 1. The number of aryl methyl sites for hydroxylation is 2. The van der Waals surface area contributed by atoms with Crippen LogP contribution in [-0.4, -0.2) is 19.7 Å². The summed E-state index contributed by atoms with van der Waals surface area (Å²) < 4.78 is 2.65. The van der Waals surface area contributed by atoms with Crippen LogP contribution >= 0.6 is 15.9 Å². The van der Waals surface area contributed by atoms with E-state index in [4.69, 9.17) is 0 Å². The summed E-state index contributed by atoms with van der Waals surface area (Å²) in [7, 11) is 1.92. The van der Waals surface area contributed by atoms with E-state index in [9.17, 15) is 0 Å². The quantitative estimate of drug-likeness (QED) is 0.886. The van der Waals surface area contributed by atoms with Crippen LogP contribution < -0.4 is 5.32 Å². The fraction of sp³-hybridized carbons (Fsp3) is 0.417. The van der Waals surface area contributed by atoms with Crippen LogP contribution in [0.2, 0.25) is 0 Å². The summed E-state index contributed by atoms with van der Waals surface area (Å²) in [5, 5.41) is 7.57. The Morgan fingerprint density at radius 2 is 2.06 bits per heavy atom. The standard InChI is InChI=1S/C12H14BrN5/c1-7-5-11(17-18(7)2)15-10-6-9(13)14-12(16-10)8-3-4-8/h5-6,8H,3-4H2,1-2H3,(H,14,15,16,17). The first-order chi connectivity index (χ1) is 8.61. The average molecular weight is 308 g/mol. The zero-order chi connectivity index (χ0) is 12.7. The molecule has 0 spiro atoms. The van der Waals surface area contributed by atoms with Crippen molar-refractivity contribution in [2.24, 2.45) is 7.05 Å². The van der Waals surface area contributed by atoms with Crippen LogP contribution in [0.5, 0.6) is 0 Å². The van der Waals surface area contributed by atoms with E-state index in [2.05, 4.69) is 36.3 Å². The van der Waals surface area contributed by atoms with Gasteiger partial charge in [0.05, 0.1) is 0 Å². The molecule has 0 aromatic carbocycles. The Morgan fingerprint density at radius 1 is 1.28 bits per heavy atom. The van der Waals surface area contributed by atoms with Crippen molar-refractivity contribution >= 4 is 27.6 Å². The van der Waals surface area contributed by atoms with Gasteiger partial charge in [0.1, 0.15) is 16.2 Å². The van der Waals surface area contributed by atoms with Crippen LogP contribution in [0.15, 0.2) is 16.7 Å². The molecule has 0 amide bonds. The molecular formula is C12H14BrN5. The average Bonchev–Trinajstić information content (AvgIpc) is 3.07. The van der Waals surface area contributed by atoms with Gasteiger partial charge < -0.3 is 5.32 Å². The summed E-state index contributed by atoms with van der Waals surface area (Å²) in [6.45, 7) is 2.02. The van der Waals surface area contributed by atoms with Crippen molar-refractivity contribution in [3.8, 4) is 0 Å². The highest BCUT2D eigenvalue weighted by atomic mass is 79.9. The summed E-state index contributed by atoms with van der Waals surface area (Å²) in [5.41, 5.74) is 1.10. The van der Waals surface area contributed by atoms with Gasteiger partial charge in [-0.3, -0.25) is 4.68 Å². The van der Waals surface area contributed by atoms with Gasteiger partial charge in [0.2, 0.25) is 0 Å². The molecule has 5 nitrogen and oxygen atoms in total. The Hall–Kier alpha value is -1.43. The van der Waals surface area contributed by atoms with E-state index in [-0.39, 0.29) is 0 Å². The van der Waals surface area contributed by atoms with Crippen molar-refractivity contribution in [2.45, 2.75) is 25.7 Å². The third kappa shape index (κ3) is 2.38. The van der Waals surface area contributed by atoms with Gasteiger partial charge in [-0.1, -0.05) is 0 Å². The molecule has 1 N–H and O–H groups in total. The zero-order valence-electron chi connectivity index (χ0n) is 10.3. The number of rotatable bonds is 3. The topological polar surface area (TPSA) is 55.6 Å².